The van der Waals surface area contributed by atoms with E-state index in [9.17, 15) is 10.2 Å². The zero-order valence-electron chi connectivity index (χ0n) is 10.0. The second-order valence-corrected chi connectivity index (χ2v) is 4.51. The molecule has 0 aliphatic rings. The van der Waals surface area contributed by atoms with Gasteiger partial charge in [0.05, 0.1) is 12.2 Å². The minimum Gasteiger partial charge on any atom is -0.393 e. The Kier molecular flexibility index (Phi) is 7.20. The van der Waals surface area contributed by atoms with Crippen LogP contribution in [-0.2, 0) is 0 Å². The third-order valence-electron chi connectivity index (χ3n) is 3.00. The van der Waals surface area contributed by atoms with Crippen LogP contribution in [0, 0.1) is 11.8 Å². The van der Waals surface area contributed by atoms with Gasteiger partial charge in [-0.15, -0.1) is 0 Å². The summed E-state index contributed by atoms with van der Waals surface area (Å²) in [6.07, 6.45) is 3.47. The molecule has 0 rings (SSSR count). The van der Waals surface area contributed by atoms with Crippen molar-refractivity contribution >= 4 is 0 Å². The van der Waals surface area contributed by atoms with Crippen molar-refractivity contribution in [3.05, 3.63) is 0 Å². The first-order chi connectivity index (χ1) is 6.51. The van der Waals surface area contributed by atoms with Crippen LogP contribution >= 0.6 is 0 Å². The summed E-state index contributed by atoms with van der Waals surface area (Å²) < 4.78 is 0. The molecule has 0 aromatic rings. The van der Waals surface area contributed by atoms with Crippen LogP contribution < -0.4 is 0 Å². The van der Waals surface area contributed by atoms with Crippen LogP contribution in [-0.4, -0.2) is 22.4 Å². The maximum absolute atomic E-state index is 9.37. The molecule has 0 radical (unpaired) electrons. The molecule has 0 spiro atoms. The van der Waals surface area contributed by atoms with E-state index in [0.717, 1.165) is 25.7 Å². The third kappa shape index (κ3) is 5.61. The minimum atomic E-state index is -0.219. The second-order valence-electron chi connectivity index (χ2n) is 4.51. The van der Waals surface area contributed by atoms with Crippen molar-refractivity contribution in [2.75, 3.05) is 0 Å². The maximum Gasteiger partial charge on any atom is 0.0514 e. The van der Waals surface area contributed by atoms with Crippen molar-refractivity contribution in [1.82, 2.24) is 0 Å². The van der Waals surface area contributed by atoms with Crippen molar-refractivity contribution in [3.8, 4) is 0 Å². The van der Waals surface area contributed by atoms with Gasteiger partial charge in [-0.1, -0.05) is 26.7 Å². The molecular weight excluding hydrogens is 176 g/mol. The average Bonchev–Trinajstić information content (AvgIpc) is 2.10. The Morgan fingerprint density at radius 3 is 1.21 bits per heavy atom. The Hall–Kier alpha value is -0.0800. The van der Waals surface area contributed by atoms with Gasteiger partial charge in [0, 0.05) is 0 Å². The van der Waals surface area contributed by atoms with Gasteiger partial charge in [-0.25, -0.2) is 0 Å². The number of aliphatic hydroxyl groups excluding tert-OH is 2. The summed E-state index contributed by atoms with van der Waals surface area (Å²) in [7, 11) is 0. The smallest absolute Gasteiger partial charge is 0.0514 e. The highest BCUT2D eigenvalue weighted by Gasteiger charge is 2.21. The molecule has 0 saturated carbocycles. The Morgan fingerprint density at radius 1 is 0.786 bits per heavy atom. The molecule has 0 heterocycles. The van der Waals surface area contributed by atoms with Crippen molar-refractivity contribution in [2.24, 2.45) is 11.8 Å². The molecule has 0 saturated heterocycles. The quantitative estimate of drug-likeness (QED) is 0.666. The van der Waals surface area contributed by atoms with E-state index < -0.39 is 0 Å². The zero-order chi connectivity index (χ0) is 11.1. The highest BCUT2D eigenvalue weighted by atomic mass is 16.3. The molecule has 0 amide bonds. The van der Waals surface area contributed by atoms with Gasteiger partial charge in [0.25, 0.3) is 0 Å². The standard InChI is InChI=1S/C12H26O2/c1-5-11(7-9(3)13)12(6-2)8-10(4)14/h9-14H,5-8H2,1-4H3. The molecular formula is C12H26O2. The van der Waals surface area contributed by atoms with Crippen molar-refractivity contribution < 1.29 is 10.2 Å². The molecule has 4 atom stereocenters. The molecule has 0 aromatic carbocycles. The molecule has 4 unspecified atom stereocenters. The fourth-order valence-corrected chi connectivity index (χ4v) is 2.26. The minimum absolute atomic E-state index is 0.219. The number of hydrogen-bond donors (Lipinski definition) is 2. The van der Waals surface area contributed by atoms with Crippen LogP contribution in [0.2, 0.25) is 0 Å². The van der Waals surface area contributed by atoms with Crippen LogP contribution in [0.4, 0.5) is 0 Å². The van der Waals surface area contributed by atoms with Gasteiger partial charge in [0.2, 0.25) is 0 Å². The molecule has 14 heavy (non-hydrogen) atoms. The van der Waals surface area contributed by atoms with E-state index >= 15 is 0 Å². The van der Waals surface area contributed by atoms with Gasteiger partial charge in [-0.2, -0.15) is 0 Å². The summed E-state index contributed by atoms with van der Waals surface area (Å²) in [6.45, 7) is 8.02. The lowest BCUT2D eigenvalue weighted by molar-refractivity contribution is 0.100. The molecule has 0 aromatic heterocycles. The maximum atomic E-state index is 9.37. The summed E-state index contributed by atoms with van der Waals surface area (Å²) in [4.78, 5) is 0. The third-order valence-corrected chi connectivity index (χ3v) is 3.00. The molecule has 86 valence electrons. The van der Waals surface area contributed by atoms with E-state index in [0.29, 0.717) is 11.8 Å². The van der Waals surface area contributed by atoms with Gasteiger partial charge >= 0.3 is 0 Å². The lowest BCUT2D eigenvalue weighted by Crippen LogP contribution is -2.22. The summed E-state index contributed by atoms with van der Waals surface area (Å²) in [5.41, 5.74) is 0. The number of rotatable bonds is 7. The molecule has 0 bridgehead atoms. The predicted molar refractivity (Wildman–Crippen MR) is 60.2 cm³/mol. The Morgan fingerprint density at radius 2 is 1.07 bits per heavy atom. The van der Waals surface area contributed by atoms with Crippen LogP contribution in [0.3, 0.4) is 0 Å². The van der Waals surface area contributed by atoms with Gasteiger partial charge in [-0.05, 0) is 38.5 Å². The Bertz CT molecular complexity index is 116. The first-order valence-corrected chi connectivity index (χ1v) is 5.87. The van der Waals surface area contributed by atoms with E-state index in [-0.39, 0.29) is 12.2 Å². The summed E-state index contributed by atoms with van der Waals surface area (Å²) in [6, 6.07) is 0. The normalized spacial score (nSPS) is 20.1. The molecule has 2 N–H and O–H groups in total. The second kappa shape index (κ2) is 7.24. The van der Waals surface area contributed by atoms with Crippen molar-refractivity contribution in [2.45, 2.75) is 65.6 Å². The summed E-state index contributed by atoms with van der Waals surface area (Å²) in [5.74, 6) is 1.10. The highest BCUT2D eigenvalue weighted by molar-refractivity contribution is 4.72. The Balaban J connectivity index is 4.14. The van der Waals surface area contributed by atoms with Crippen LogP contribution in [0.15, 0.2) is 0 Å². The van der Waals surface area contributed by atoms with Gasteiger partial charge < -0.3 is 10.2 Å². The van der Waals surface area contributed by atoms with Crippen LogP contribution in [0.5, 0.6) is 0 Å². The highest BCUT2D eigenvalue weighted by Crippen LogP contribution is 2.28. The largest absolute Gasteiger partial charge is 0.393 e. The lowest BCUT2D eigenvalue weighted by Gasteiger charge is -2.27. The summed E-state index contributed by atoms with van der Waals surface area (Å²) >= 11 is 0. The van der Waals surface area contributed by atoms with Crippen LogP contribution in [0.25, 0.3) is 0 Å². The number of aliphatic hydroxyl groups is 2. The average molecular weight is 202 g/mol. The molecule has 0 aliphatic heterocycles. The number of hydrogen-bond acceptors (Lipinski definition) is 2. The molecule has 0 fully saturated rings. The zero-order valence-corrected chi connectivity index (χ0v) is 10.0. The SMILES string of the molecule is CCC(CC(C)O)C(CC)CC(C)O. The van der Waals surface area contributed by atoms with Gasteiger partial charge in [0.1, 0.15) is 0 Å². The fraction of sp³-hybridized carbons (Fsp3) is 1.00. The van der Waals surface area contributed by atoms with E-state index in [1.165, 1.54) is 0 Å². The lowest BCUT2D eigenvalue weighted by atomic mass is 9.81. The van der Waals surface area contributed by atoms with E-state index in [4.69, 9.17) is 0 Å². The van der Waals surface area contributed by atoms with Gasteiger partial charge in [-0.3, -0.25) is 0 Å². The monoisotopic (exact) mass is 202 g/mol. The first kappa shape index (κ1) is 13.9. The topological polar surface area (TPSA) is 40.5 Å². The first-order valence-electron chi connectivity index (χ1n) is 5.87. The van der Waals surface area contributed by atoms with E-state index in [2.05, 4.69) is 13.8 Å². The van der Waals surface area contributed by atoms with E-state index in [1.807, 2.05) is 13.8 Å². The molecule has 2 nitrogen and oxygen atoms in total. The fourth-order valence-electron chi connectivity index (χ4n) is 2.26. The van der Waals surface area contributed by atoms with Crippen molar-refractivity contribution in [3.63, 3.8) is 0 Å². The molecule has 2 heteroatoms. The predicted octanol–water partition coefficient (Wildman–Crippen LogP) is 2.58. The van der Waals surface area contributed by atoms with Gasteiger partial charge in [0.15, 0.2) is 0 Å². The van der Waals surface area contributed by atoms with Crippen LogP contribution in [0.1, 0.15) is 53.4 Å². The van der Waals surface area contributed by atoms with E-state index in [1.54, 1.807) is 0 Å². The molecule has 0 aliphatic carbocycles. The summed E-state index contributed by atoms with van der Waals surface area (Å²) in [5, 5.41) is 18.7. The van der Waals surface area contributed by atoms with Crippen molar-refractivity contribution in [1.29, 1.82) is 0 Å². The Labute approximate surface area is 88.3 Å².